The van der Waals surface area contributed by atoms with E-state index in [0.29, 0.717) is 25.2 Å². The summed E-state index contributed by atoms with van der Waals surface area (Å²) >= 11 is 0. The summed E-state index contributed by atoms with van der Waals surface area (Å²) in [5.41, 5.74) is 2.74. The summed E-state index contributed by atoms with van der Waals surface area (Å²) in [6, 6.07) is 14.6. The van der Waals surface area contributed by atoms with Gasteiger partial charge in [0.2, 0.25) is 0 Å². The lowest BCUT2D eigenvalue weighted by atomic mass is 9.49. The van der Waals surface area contributed by atoms with Crippen molar-refractivity contribution in [2.24, 2.45) is 0 Å². The van der Waals surface area contributed by atoms with Gasteiger partial charge in [-0.3, -0.25) is 4.79 Å². The maximum atomic E-state index is 12.8. The number of carbonyl (C=O) groups is 1. The topological polar surface area (TPSA) is 48.0 Å². The number of benzene rings is 2. The molecule has 0 N–H and O–H groups in total. The van der Waals surface area contributed by atoms with Gasteiger partial charge < -0.3 is 19.1 Å². The summed E-state index contributed by atoms with van der Waals surface area (Å²) in [5.74, 6) is 1.83. The fourth-order valence-electron chi connectivity index (χ4n) is 6.54. The number of carbonyl (C=O) groups excluding carboxylic acids is 1. The van der Waals surface area contributed by atoms with Gasteiger partial charge in [0.25, 0.3) is 0 Å². The van der Waals surface area contributed by atoms with E-state index in [-0.39, 0.29) is 17.1 Å². The van der Waals surface area contributed by atoms with E-state index in [2.05, 4.69) is 30.1 Å². The smallest absolute Gasteiger partial charge is 0.164 e. The van der Waals surface area contributed by atoms with Gasteiger partial charge in [0, 0.05) is 37.0 Å². The van der Waals surface area contributed by atoms with Crippen LogP contribution in [0, 0.1) is 0 Å². The molecule has 5 heteroatoms. The molecule has 0 unspecified atom stereocenters. The molecular formula is C26H31NO4. The van der Waals surface area contributed by atoms with Crippen LogP contribution in [0.2, 0.25) is 0 Å². The van der Waals surface area contributed by atoms with Crippen LogP contribution in [0.3, 0.4) is 0 Å². The number of rotatable bonds is 5. The van der Waals surface area contributed by atoms with Crippen molar-refractivity contribution in [2.75, 3.05) is 27.8 Å². The molecule has 5 nitrogen and oxygen atoms in total. The average Bonchev–Trinajstić information content (AvgIpc) is 2.80. The second-order valence-corrected chi connectivity index (χ2v) is 9.25. The predicted octanol–water partition coefficient (Wildman–Crippen LogP) is 3.91. The highest BCUT2D eigenvalue weighted by Gasteiger charge is 2.66. The van der Waals surface area contributed by atoms with Gasteiger partial charge in [-0.05, 0) is 50.0 Å². The monoisotopic (exact) mass is 421 g/mol. The zero-order chi connectivity index (χ0) is 21.6. The summed E-state index contributed by atoms with van der Waals surface area (Å²) in [6.07, 6.45) is 3.63. The molecule has 1 aliphatic heterocycles. The lowest BCUT2D eigenvalue weighted by Crippen LogP contribution is -2.73. The van der Waals surface area contributed by atoms with Gasteiger partial charge in [-0.15, -0.1) is 0 Å². The van der Waals surface area contributed by atoms with Gasteiger partial charge in [0.05, 0.1) is 12.7 Å². The molecule has 0 radical (unpaired) electrons. The SMILES string of the molecule is COc1c(OCc2ccccc2)ccc2c1[C@]13CCN(C)[C@@H](C2)[C@]1(OC)CCC(=O)C3. The van der Waals surface area contributed by atoms with E-state index >= 15 is 0 Å². The Morgan fingerprint density at radius 1 is 1.10 bits per heavy atom. The minimum absolute atomic E-state index is 0.257. The number of likely N-dealkylation sites (tertiary alicyclic amines) is 1. The first-order valence-corrected chi connectivity index (χ1v) is 11.2. The molecule has 2 aliphatic carbocycles. The Hall–Kier alpha value is -2.37. The number of piperidine rings is 1. The zero-order valence-electron chi connectivity index (χ0n) is 18.6. The zero-order valence-corrected chi connectivity index (χ0v) is 18.6. The predicted molar refractivity (Wildman–Crippen MR) is 119 cm³/mol. The highest BCUT2D eigenvalue weighted by atomic mass is 16.5. The Kier molecular flexibility index (Phi) is 5.06. The van der Waals surface area contributed by atoms with E-state index in [1.54, 1.807) is 7.11 Å². The van der Waals surface area contributed by atoms with Crippen molar-refractivity contribution in [3.63, 3.8) is 0 Å². The van der Waals surface area contributed by atoms with Crippen LogP contribution in [0.5, 0.6) is 11.5 Å². The number of Topliss-reactive ketones (excluding diaryl/α,β-unsaturated/α-hetero) is 1. The van der Waals surface area contributed by atoms with E-state index in [4.69, 9.17) is 14.2 Å². The maximum absolute atomic E-state index is 12.8. The summed E-state index contributed by atoms with van der Waals surface area (Å²) < 4.78 is 18.7. The molecule has 5 rings (SSSR count). The van der Waals surface area contributed by atoms with Crippen molar-refractivity contribution >= 4 is 5.78 Å². The quantitative estimate of drug-likeness (QED) is 0.733. The van der Waals surface area contributed by atoms with Crippen molar-refractivity contribution in [1.29, 1.82) is 0 Å². The number of hydrogen-bond donors (Lipinski definition) is 0. The van der Waals surface area contributed by atoms with E-state index in [0.717, 1.165) is 48.4 Å². The fourth-order valence-corrected chi connectivity index (χ4v) is 6.54. The number of methoxy groups -OCH3 is 2. The van der Waals surface area contributed by atoms with Crippen LogP contribution in [0.25, 0.3) is 0 Å². The van der Waals surface area contributed by atoms with E-state index < -0.39 is 0 Å². The van der Waals surface area contributed by atoms with Crippen LogP contribution in [-0.4, -0.2) is 50.1 Å². The van der Waals surface area contributed by atoms with Crippen LogP contribution in [0.4, 0.5) is 0 Å². The molecular weight excluding hydrogens is 390 g/mol. The van der Waals surface area contributed by atoms with Crippen LogP contribution >= 0.6 is 0 Å². The Balaban J connectivity index is 1.64. The maximum Gasteiger partial charge on any atom is 0.164 e. The van der Waals surface area contributed by atoms with Gasteiger partial charge in [-0.25, -0.2) is 0 Å². The molecule has 1 saturated heterocycles. The van der Waals surface area contributed by atoms with Gasteiger partial charge >= 0.3 is 0 Å². The summed E-state index contributed by atoms with van der Waals surface area (Å²) in [4.78, 5) is 15.2. The van der Waals surface area contributed by atoms with Crippen molar-refractivity contribution in [2.45, 2.75) is 55.8 Å². The summed E-state index contributed by atoms with van der Waals surface area (Å²) in [6.45, 7) is 1.42. The molecule has 0 aromatic heterocycles. The molecule has 164 valence electrons. The van der Waals surface area contributed by atoms with Crippen LogP contribution in [0.1, 0.15) is 42.4 Å². The number of ketones is 1. The highest BCUT2D eigenvalue weighted by molar-refractivity contribution is 5.83. The Morgan fingerprint density at radius 3 is 2.65 bits per heavy atom. The second-order valence-electron chi connectivity index (χ2n) is 9.25. The van der Waals surface area contributed by atoms with Crippen LogP contribution in [-0.2, 0) is 28.0 Å². The third-order valence-electron chi connectivity index (χ3n) is 7.95. The minimum atomic E-state index is -0.383. The van der Waals surface area contributed by atoms with Gasteiger partial charge in [0.1, 0.15) is 12.4 Å². The summed E-state index contributed by atoms with van der Waals surface area (Å²) in [7, 11) is 5.72. The third kappa shape index (κ3) is 2.94. The molecule has 2 bridgehead atoms. The lowest BCUT2D eigenvalue weighted by Gasteiger charge is -2.64. The molecule has 1 heterocycles. The fraction of sp³-hybridized carbons (Fsp3) is 0.500. The van der Waals surface area contributed by atoms with Gasteiger partial charge in [0.15, 0.2) is 11.5 Å². The normalized spacial score (nSPS) is 29.8. The Bertz CT molecular complexity index is 990. The van der Waals surface area contributed by atoms with Crippen LogP contribution in [0.15, 0.2) is 42.5 Å². The van der Waals surface area contributed by atoms with Crippen molar-refractivity contribution < 1.29 is 19.0 Å². The number of hydrogen-bond acceptors (Lipinski definition) is 5. The first-order chi connectivity index (χ1) is 15.0. The van der Waals surface area contributed by atoms with Crippen molar-refractivity contribution in [3.8, 4) is 11.5 Å². The number of fused-ring (bicyclic) bond motifs is 1. The van der Waals surface area contributed by atoms with E-state index in [1.165, 1.54) is 5.56 Å². The molecule has 2 fully saturated rings. The van der Waals surface area contributed by atoms with Crippen LogP contribution < -0.4 is 9.47 Å². The first-order valence-electron chi connectivity index (χ1n) is 11.2. The van der Waals surface area contributed by atoms with Crippen molar-refractivity contribution in [1.82, 2.24) is 4.90 Å². The molecule has 31 heavy (non-hydrogen) atoms. The minimum Gasteiger partial charge on any atom is -0.493 e. The largest absolute Gasteiger partial charge is 0.493 e. The highest BCUT2D eigenvalue weighted by Crippen LogP contribution is 2.61. The van der Waals surface area contributed by atoms with Gasteiger partial charge in [-0.1, -0.05) is 36.4 Å². The number of nitrogens with zero attached hydrogens (tertiary/aromatic N) is 1. The van der Waals surface area contributed by atoms with Crippen molar-refractivity contribution in [3.05, 3.63) is 59.2 Å². The van der Waals surface area contributed by atoms with E-state index in [1.807, 2.05) is 31.4 Å². The molecule has 2 aromatic rings. The first kappa shape index (κ1) is 20.5. The standard InChI is InChI=1S/C26H31NO4/c1-27-14-13-25-16-20(28)11-12-26(25,30-3)22(27)15-19-9-10-21(24(29-2)23(19)25)31-17-18-7-5-4-6-8-18/h4-10,22H,11-17H2,1-3H3/t22-,25+,26+/m0/s1. The lowest BCUT2D eigenvalue weighted by molar-refractivity contribution is -0.183. The number of ether oxygens (including phenoxy) is 3. The molecule has 0 amide bonds. The summed E-state index contributed by atoms with van der Waals surface area (Å²) in [5, 5.41) is 0. The second kappa shape index (κ2) is 7.64. The molecule has 2 aromatic carbocycles. The van der Waals surface area contributed by atoms with Gasteiger partial charge in [-0.2, -0.15) is 0 Å². The van der Waals surface area contributed by atoms with E-state index in [9.17, 15) is 4.79 Å². The third-order valence-corrected chi connectivity index (χ3v) is 7.95. The molecule has 3 aliphatic rings. The Morgan fingerprint density at radius 2 is 1.90 bits per heavy atom. The molecule has 3 atom stereocenters. The molecule has 0 spiro atoms. The number of likely N-dealkylation sites (N-methyl/N-ethyl adjacent to an activating group) is 1. The average molecular weight is 422 g/mol. The molecule has 1 saturated carbocycles. The Labute approximate surface area is 184 Å².